The van der Waals surface area contributed by atoms with Gasteiger partial charge in [-0.1, -0.05) is 12.2 Å². The van der Waals surface area contributed by atoms with Crippen LogP contribution in [0.2, 0.25) is 0 Å². The molecular weight excluding hydrogens is 204 g/mol. The molecule has 5 N–H and O–H groups in total. The third-order valence-electron chi connectivity index (χ3n) is 1.73. The number of nitrogens with two attached hydrogens (primary N) is 2. The van der Waals surface area contributed by atoms with Crippen molar-refractivity contribution in [2.75, 3.05) is 13.6 Å². The lowest BCUT2D eigenvalue weighted by molar-refractivity contribution is -0.120. The largest absolute Gasteiger partial charge is 0.392 e. The van der Waals surface area contributed by atoms with Crippen LogP contribution in [0.5, 0.6) is 0 Å². The molecule has 1 atom stereocenters. The number of urea groups is 1. The first-order valence-electron chi connectivity index (χ1n) is 3.93. The molecule has 0 aliphatic carbocycles. The van der Waals surface area contributed by atoms with Gasteiger partial charge in [0.2, 0.25) is 5.91 Å². The molecule has 0 saturated heterocycles. The quantitative estimate of drug-likeness (QED) is 0.514. The minimum absolute atomic E-state index is 0.0153. The maximum atomic E-state index is 11.1. The van der Waals surface area contributed by atoms with Gasteiger partial charge in [-0.05, 0) is 14.0 Å². The molecule has 7 heteroatoms. The molecule has 0 aromatic heterocycles. The highest BCUT2D eigenvalue weighted by Gasteiger charge is 2.15. The zero-order valence-electron chi connectivity index (χ0n) is 8.11. The lowest BCUT2D eigenvalue weighted by Gasteiger charge is -2.22. The molecule has 1 unspecified atom stereocenters. The maximum Gasteiger partial charge on any atom is 0.318 e. The molecular formula is C7H14N4O2S. The van der Waals surface area contributed by atoms with Crippen LogP contribution in [-0.2, 0) is 4.79 Å². The summed E-state index contributed by atoms with van der Waals surface area (Å²) in [6, 6.07) is -1.07. The topological polar surface area (TPSA) is 101 Å². The molecule has 0 spiro atoms. The number of nitrogens with one attached hydrogen (secondary N) is 1. The van der Waals surface area contributed by atoms with Gasteiger partial charge in [0.15, 0.2) is 0 Å². The van der Waals surface area contributed by atoms with Crippen LogP contribution < -0.4 is 16.8 Å². The standard InChI is InChI=1S/C7H14N4O2S/c1-4(6(8)14)11(2)3-5(12)10-7(9)13/h4H,3H2,1-2H3,(H2,8,14)(H3,9,10,12,13). The number of amides is 3. The van der Waals surface area contributed by atoms with E-state index in [2.05, 4.69) is 0 Å². The Hall–Kier alpha value is -1.21. The lowest BCUT2D eigenvalue weighted by atomic mass is 10.3. The van der Waals surface area contributed by atoms with E-state index < -0.39 is 11.9 Å². The molecule has 0 aromatic carbocycles. The highest BCUT2D eigenvalue weighted by molar-refractivity contribution is 7.80. The van der Waals surface area contributed by atoms with Gasteiger partial charge >= 0.3 is 6.03 Å². The Kier molecular flexibility index (Phi) is 5.03. The van der Waals surface area contributed by atoms with Gasteiger partial charge in [-0.3, -0.25) is 15.0 Å². The summed E-state index contributed by atoms with van der Waals surface area (Å²) in [6.07, 6.45) is 0. The summed E-state index contributed by atoms with van der Waals surface area (Å²) in [7, 11) is 1.67. The Morgan fingerprint density at radius 2 is 2.00 bits per heavy atom. The van der Waals surface area contributed by atoms with E-state index in [1.807, 2.05) is 5.32 Å². The first-order valence-corrected chi connectivity index (χ1v) is 4.34. The third kappa shape index (κ3) is 4.73. The van der Waals surface area contributed by atoms with Gasteiger partial charge in [-0.15, -0.1) is 0 Å². The molecule has 0 rings (SSSR count). The van der Waals surface area contributed by atoms with Crippen LogP contribution in [0.25, 0.3) is 0 Å². The highest BCUT2D eigenvalue weighted by Crippen LogP contribution is 1.94. The molecule has 0 aliphatic rings. The van der Waals surface area contributed by atoms with E-state index in [1.54, 1.807) is 18.9 Å². The number of imide groups is 1. The fourth-order valence-electron chi connectivity index (χ4n) is 0.758. The first kappa shape index (κ1) is 12.8. The van der Waals surface area contributed by atoms with E-state index in [9.17, 15) is 9.59 Å². The van der Waals surface area contributed by atoms with Gasteiger partial charge in [0.25, 0.3) is 0 Å². The van der Waals surface area contributed by atoms with Gasteiger partial charge in [-0.2, -0.15) is 0 Å². The van der Waals surface area contributed by atoms with Gasteiger partial charge in [0.1, 0.15) is 0 Å². The number of hydrogen-bond acceptors (Lipinski definition) is 4. The van der Waals surface area contributed by atoms with Crippen molar-refractivity contribution in [3.8, 4) is 0 Å². The molecule has 0 fully saturated rings. The molecule has 3 amide bonds. The average molecular weight is 218 g/mol. The van der Waals surface area contributed by atoms with E-state index in [0.29, 0.717) is 4.99 Å². The summed E-state index contributed by atoms with van der Waals surface area (Å²) in [4.78, 5) is 23.3. The van der Waals surface area contributed by atoms with Crippen molar-refractivity contribution >= 4 is 29.1 Å². The van der Waals surface area contributed by atoms with Crippen molar-refractivity contribution in [2.24, 2.45) is 11.5 Å². The normalized spacial score (nSPS) is 12.2. The van der Waals surface area contributed by atoms with Gasteiger partial charge in [0, 0.05) is 0 Å². The van der Waals surface area contributed by atoms with Gasteiger partial charge < -0.3 is 11.5 Å². The van der Waals surface area contributed by atoms with Crippen molar-refractivity contribution in [3.05, 3.63) is 0 Å². The van der Waals surface area contributed by atoms with Gasteiger partial charge in [0.05, 0.1) is 17.6 Å². The number of rotatable bonds is 4. The molecule has 80 valence electrons. The minimum atomic E-state index is -0.869. The number of primary amides is 1. The average Bonchev–Trinajstić information content (AvgIpc) is 2.00. The van der Waals surface area contributed by atoms with Gasteiger partial charge in [-0.25, -0.2) is 4.79 Å². The zero-order chi connectivity index (χ0) is 11.3. The Balaban J connectivity index is 4.05. The van der Waals surface area contributed by atoms with Crippen molar-refractivity contribution in [1.29, 1.82) is 0 Å². The van der Waals surface area contributed by atoms with E-state index in [1.165, 1.54) is 0 Å². The summed E-state index contributed by atoms with van der Waals surface area (Å²) in [5, 5.41) is 1.94. The fourth-order valence-corrected chi connectivity index (χ4v) is 0.938. The van der Waals surface area contributed by atoms with Crippen molar-refractivity contribution in [3.63, 3.8) is 0 Å². The van der Waals surface area contributed by atoms with Crippen LogP contribution in [0, 0.1) is 0 Å². The fraction of sp³-hybridized carbons (Fsp3) is 0.571. The zero-order valence-corrected chi connectivity index (χ0v) is 8.93. The summed E-state index contributed by atoms with van der Waals surface area (Å²) < 4.78 is 0. The minimum Gasteiger partial charge on any atom is -0.392 e. The summed E-state index contributed by atoms with van der Waals surface area (Å²) in [5.74, 6) is -0.483. The van der Waals surface area contributed by atoms with Crippen LogP contribution in [0.1, 0.15) is 6.92 Å². The molecule has 0 aliphatic heterocycles. The van der Waals surface area contributed by atoms with E-state index in [0.717, 1.165) is 0 Å². The van der Waals surface area contributed by atoms with Crippen LogP contribution in [0.4, 0.5) is 4.79 Å². The number of hydrogen-bond donors (Lipinski definition) is 3. The van der Waals surface area contributed by atoms with E-state index in [4.69, 9.17) is 23.7 Å². The smallest absolute Gasteiger partial charge is 0.318 e. The van der Waals surface area contributed by atoms with Crippen LogP contribution in [0.3, 0.4) is 0 Å². The lowest BCUT2D eigenvalue weighted by Crippen LogP contribution is -2.46. The van der Waals surface area contributed by atoms with Crippen molar-refractivity contribution in [1.82, 2.24) is 10.2 Å². The highest BCUT2D eigenvalue weighted by atomic mass is 32.1. The number of carbonyl (C=O) groups excluding carboxylic acids is 2. The Morgan fingerprint density at radius 1 is 1.50 bits per heavy atom. The summed E-state index contributed by atoms with van der Waals surface area (Å²) in [5.41, 5.74) is 10.1. The van der Waals surface area contributed by atoms with Crippen LogP contribution >= 0.6 is 12.2 Å². The number of nitrogens with zero attached hydrogens (tertiary/aromatic N) is 1. The maximum absolute atomic E-state index is 11.1. The second-order valence-electron chi connectivity index (χ2n) is 2.91. The third-order valence-corrected chi connectivity index (χ3v) is 2.07. The monoisotopic (exact) mass is 218 g/mol. The van der Waals surface area contributed by atoms with Crippen LogP contribution in [0.15, 0.2) is 0 Å². The predicted molar refractivity (Wildman–Crippen MR) is 56.6 cm³/mol. The Labute approximate surface area is 87.6 Å². The molecule has 0 bridgehead atoms. The second-order valence-corrected chi connectivity index (χ2v) is 3.38. The SMILES string of the molecule is CC(C(N)=S)N(C)CC(=O)NC(N)=O. The molecule has 14 heavy (non-hydrogen) atoms. The Bertz CT molecular complexity index is 256. The number of likely N-dealkylation sites (N-methyl/N-ethyl adjacent to an activating group) is 1. The number of thiocarbonyl (C=S) groups is 1. The second kappa shape index (κ2) is 5.51. The van der Waals surface area contributed by atoms with E-state index in [-0.39, 0.29) is 12.6 Å². The molecule has 0 heterocycles. The van der Waals surface area contributed by atoms with Crippen LogP contribution in [-0.4, -0.2) is 41.5 Å². The summed E-state index contributed by atoms with van der Waals surface area (Å²) >= 11 is 4.75. The first-order chi connectivity index (χ1) is 6.34. The van der Waals surface area contributed by atoms with Crippen molar-refractivity contribution in [2.45, 2.75) is 13.0 Å². The van der Waals surface area contributed by atoms with E-state index >= 15 is 0 Å². The predicted octanol–water partition coefficient (Wildman–Crippen LogP) is -1.21. The Morgan fingerprint density at radius 3 is 2.36 bits per heavy atom. The molecule has 0 saturated carbocycles. The van der Waals surface area contributed by atoms with Crippen molar-refractivity contribution < 1.29 is 9.59 Å². The number of carbonyl (C=O) groups is 2. The molecule has 0 radical (unpaired) electrons. The molecule has 6 nitrogen and oxygen atoms in total. The summed E-state index contributed by atoms with van der Waals surface area (Å²) in [6.45, 7) is 1.78. The molecule has 0 aromatic rings.